The molecule has 1 N–H and O–H groups in total. The Morgan fingerprint density at radius 1 is 1.00 bits per heavy atom. The Hall–Kier alpha value is -0.0800. The fourth-order valence-electron chi connectivity index (χ4n) is 3.02. The largest absolute Gasteiger partial charge is 0.390 e. The van der Waals surface area contributed by atoms with Crippen molar-refractivity contribution in [1.29, 1.82) is 0 Å². The second-order valence-corrected chi connectivity index (χ2v) is 5.57. The molecule has 1 aliphatic carbocycles. The molecule has 3 atom stereocenters. The molecular formula is C13H24O2. The zero-order valence-electron chi connectivity index (χ0n) is 9.98. The van der Waals surface area contributed by atoms with Gasteiger partial charge in [0.05, 0.1) is 18.3 Å². The van der Waals surface area contributed by atoms with Gasteiger partial charge in [-0.05, 0) is 44.4 Å². The first-order valence-electron chi connectivity index (χ1n) is 6.50. The van der Waals surface area contributed by atoms with Gasteiger partial charge in [0.15, 0.2) is 0 Å². The van der Waals surface area contributed by atoms with Crippen LogP contribution in [0.1, 0.15) is 52.4 Å². The van der Waals surface area contributed by atoms with Crippen LogP contribution in [-0.4, -0.2) is 23.4 Å². The van der Waals surface area contributed by atoms with Gasteiger partial charge in [0.2, 0.25) is 0 Å². The molecule has 0 bridgehead atoms. The van der Waals surface area contributed by atoms with Crippen LogP contribution in [-0.2, 0) is 4.74 Å². The molecule has 0 aromatic carbocycles. The van der Waals surface area contributed by atoms with Crippen molar-refractivity contribution in [2.24, 2.45) is 11.8 Å². The lowest BCUT2D eigenvalue weighted by atomic mass is 9.78. The lowest BCUT2D eigenvalue weighted by molar-refractivity contribution is -0.0617. The molecular weight excluding hydrogens is 188 g/mol. The van der Waals surface area contributed by atoms with Crippen molar-refractivity contribution in [1.82, 2.24) is 0 Å². The minimum Gasteiger partial charge on any atom is -0.390 e. The van der Waals surface area contributed by atoms with Crippen LogP contribution in [0.5, 0.6) is 0 Å². The van der Waals surface area contributed by atoms with Crippen molar-refractivity contribution >= 4 is 0 Å². The fraction of sp³-hybridized carbons (Fsp3) is 1.00. The van der Waals surface area contributed by atoms with Crippen molar-refractivity contribution < 1.29 is 9.84 Å². The smallest absolute Gasteiger partial charge is 0.0841 e. The summed E-state index contributed by atoms with van der Waals surface area (Å²) in [5.74, 6) is 1.35. The van der Waals surface area contributed by atoms with Crippen LogP contribution in [0.3, 0.4) is 0 Å². The maximum atomic E-state index is 10.3. The second kappa shape index (κ2) is 4.84. The topological polar surface area (TPSA) is 29.5 Å². The average Bonchev–Trinajstić information content (AvgIpc) is 2.65. The zero-order valence-corrected chi connectivity index (χ0v) is 9.98. The van der Waals surface area contributed by atoms with E-state index in [4.69, 9.17) is 4.74 Å². The molecule has 2 heteroatoms. The Bertz CT molecular complexity index is 197. The van der Waals surface area contributed by atoms with Gasteiger partial charge >= 0.3 is 0 Å². The molecule has 0 radical (unpaired) electrons. The van der Waals surface area contributed by atoms with Crippen molar-refractivity contribution in [3.63, 3.8) is 0 Å². The first-order chi connectivity index (χ1) is 7.16. The van der Waals surface area contributed by atoms with Crippen LogP contribution >= 0.6 is 0 Å². The molecule has 0 spiro atoms. The predicted octanol–water partition coefficient (Wildman–Crippen LogP) is 2.74. The molecule has 1 saturated carbocycles. The van der Waals surface area contributed by atoms with Crippen LogP contribution < -0.4 is 0 Å². The number of aliphatic hydroxyl groups excluding tert-OH is 1. The predicted molar refractivity (Wildman–Crippen MR) is 60.7 cm³/mol. The molecule has 1 heterocycles. The quantitative estimate of drug-likeness (QED) is 0.762. The van der Waals surface area contributed by atoms with E-state index in [1.165, 1.54) is 25.7 Å². The van der Waals surface area contributed by atoms with E-state index in [0.717, 1.165) is 18.8 Å². The summed E-state index contributed by atoms with van der Waals surface area (Å²) in [6.45, 7) is 4.42. The molecule has 3 unspecified atom stereocenters. The molecule has 2 aliphatic rings. The molecule has 2 rings (SSSR count). The molecule has 0 aromatic rings. The lowest BCUT2D eigenvalue weighted by Gasteiger charge is -2.32. The summed E-state index contributed by atoms with van der Waals surface area (Å²) in [4.78, 5) is 0. The summed E-state index contributed by atoms with van der Waals surface area (Å²) in [5.41, 5.74) is 0. The van der Waals surface area contributed by atoms with Gasteiger partial charge in [-0.3, -0.25) is 0 Å². The van der Waals surface area contributed by atoms with Crippen molar-refractivity contribution in [2.45, 2.75) is 70.7 Å². The standard InChI is InChI=1S/C13H24O2/c1-9-3-6-11(7-4-9)13(14)12-8-5-10(2)15-12/h9-14H,3-8H2,1-2H3. The van der Waals surface area contributed by atoms with Gasteiger partial charge in [-0.2, -0.15) is 0 Å². The summed E-state index contributed by atoms with van der Waals surface area (Å²) in [5, 5.41) is 10.3. The van der Waals surface area contributed by atoms with Gasteiger partial charge < -0.3 is 9.84 Å². The molecule has 2 nitrogen and oxygen atoms in total. The number of hydrogen-bond acceptors (Lipinski definition) is 2. The molecule has 0 amide bonds. The van der Waals surface area contributed by atoms with E-state index < -0.39 is 0 Å². The van der Waals surface area contributed by atoms with Gasteiger partial charge in [0.25, 0.3) is 0 Å². The van der Waals surface area contributed by atoms with Gasteiger partial charge in [0, 0.05) is 0 Å². The van der Waals surface area contributed by atoms with Crippen molar-refractivity contribution in [2.75, 3.05) is 0 Å². The minimum atomic E-state index is -0.206. The van der Waals surface area contributed by atoms with E-state index >= 15 is 0 Å². The van der Waals surface area contributed by atoms with Crippen LogP contribution in [0.15, 0.2) is 0 Å². The maximum Gasteiger partial charge on any atom is 0.0841 e. The number of rotatable bonds is 2. The number of aliphatic hydroxyl groups is 1. The molecule has 0 aromatic heterocycles. The Labute approximate surface area is 93.0 Å². The van der Waals surface area contributed by atoms with Crippen molar-refractivity contribution in [3.8, 4) is 0 Å². The van der Waals surface area contributed by atoms with E-state index in [1.54, 1.807) is 0 Å². The fourth-order valence-corrected chi connectivity index (χ4v) is 3.02. The van der Waals surface area contributed by atoms with Crippen LogP contribution in [0, 0.1) is 11.8 Å². The Morgan fingerprint density at radius 3 is 2.20 bits per heavy atom. The summed E-state index contributed by atoms with van der Waals surface area (Å²) in [6, 6.07) is 0. The van der Waals surface area contributed by atoms with E-state index in [1.807, 2.05) is 0 Å². The van der Waals surface area contributed by atoms with Gasteiger partial charge in [-0.25, -0.2) is 0 Å². The highest BCUT2D eigenvalue weighted by Crippen LogP contribution is 2.34. The molecule has 88 valence electrons. The van der Waals surface area contributed by atoms with E-state index in [9.17, 15) is 5.11 Å². The third-order valence-electron chi connectivity index (χ3n) is 4.19. The van der Waals surface area contributed by atoms with Crippen LogP contribution in [0.25, 0.3) is 0 Å². The maximum absolute atomic E-state index is 10.3. The highest BCUT2D eigenvalue weighted by Gasteiger charge is 2.34. The zero-order chi connectivity index (χ0) is 10.8. The first kappa shape index (κ1) is 11.4. The minimum absolute atomic E-state index is 0.124. The van der Waals surface area contributed by atoms with Crippen LogP contribution in [0.2, 0.25) is 0 Å². The second-order valence-electron chi connectivity index (χ2n) is 5.57. The SMILES string of the molecule is CC1CCC(C(O)C2CCC(C)O2)CC1. The van der Waals surface area contributed by atoms with Gasteiger partial charge in [-0.15, -0.1) is 0 Å². The highest BCUT2D eigenvalue weighted by molar-refractivity contribution is 4.84. The highest BCUT2D eigenvalue weighted by atomic mass is 16.5. The third kappa shape index (κ3) is 2.73. The summed E-state index contributed by atoms with van der Waals surface area (Å²) in [7, 11) is 0. The van der Waals surface area contributed by atoms with E-state index in [0.29, 0.717) is 12.0 Å². The van der Waals surface area contributed by atoms with E-state index in [-0.39, 0.29) is 12.2 Å². The Kier molecular flexibility index (Phi) is 3.68. The summed E-state index contributed by atoms with van der Waals surface area (Å²) < 4.78 is 5.75. The van der Waals surface area contributed by atoms with Gasteiger partial charge in [-0.1, -0.05) is 19.8 Å². The van der Waals surface area contributed by atoms with E-state index in [2.05, 4.69) is 13.8 Å². The lowest BCUT2D eigenvalue weighted by Crippen LogP contribution is -2.35. The molecule has 15 heavy (non-hydrogen) atoms. The summed E-state index contributed by atoms with van der Waals surface area (Å²) >= 11 is 0. The summed E-state index contributed by atoms with van der Waals surface area (Å²) in [6.07, 6.45) is 7.38. The number of ether oxygens (including phenoxy) is 1. The van der Waals surface area contributed by atoms with Crippen LogP contribution in [0.4, 0.5) is 0 Å². The average molecular weight is 212 g/mol. The normalized spacial score (nSPS) is 44.2. The number of hydrogen-bond donors (Lipinski definition) is 1. The molecule has 2 fully saturated rings. The first-order valence-corrected chi connectivity index (χ1v) is 6.50. The third-order valence-corrected chi connectivity index (χ3v) is 4.19. The Balaban J connectivity index is 1.82. The monoisotopic (exact) mass is 212 g/mol. The van der Waals surface area contributed by atoms with Crippen molar-refractivity contribution in [3.05, 3.63) is 0 Å². The Morgan fingerprint density at radius 2 is 1.67 bits per heavy atom. The van der Waals surface area contributed by atoms with Gasteiger partial charge in [0.1, 0.15) is 0 Å². The molecule has 1 aliphatic heterocycles. The molecule has 1 saturated heterocycles.